The highest BCUT2D eigenvalue weighted by Crippen LogP contribution is 2.58. The third-order valence-corrected chi connectivity index (χ3v) is 10.6. The molecule has 47 heavy (non-hydrogen) atoms. The second-order valence-electron chi connectivity index (χ2n) is 12.8. The number of hydrogen-bond acceptors (Lipinski definition) is 9. The van der Waals surface area contributed by atoms with Crippen molar-refractivity contribution in [3.63, 3.8) is 0 Å². The number of rotatable bonds is 13. The van der Waals surface area contributed by atoms with Crippen molar-refractivity contribution >= 4 is 7.82 Å². The minimum Gasteiger partial charge on any atom is -0.387 e. The quantitative estimate of drug-likeness (QED) is 0.191. The zero-order chi connectivity index (χ0) is 32.5. The van der Waals surface area contributed by atoms with Crippen LogP contribution in [0.5, 0.6) is 0 Å². The van der Waals surface area contributed by atoms with Crippen molar-refractivity contribution < 1.29 is 42.2 Å². The summed E-state index contributed by atoms with van der Waals surface area (Å²) in [5.74, 6) is 0. The van der Waals surface area contributed by atoms with Crippen LogP contribution >= 0.6 is 7.82 Å². The van der Waals surface area contributed by atoms with Crippen LogP contribution in [-0.2, 0) is 56.7 Å². The second kappa shape index (κ2) is 16.8. The molecule has 6 unspecified atom stereocenters. The van der Waals surface area contributed by atoms with Gasteiger partial charge in [0.05, 0.1) is 38.1 Å². The van der Waals surface area contributed by atoms with Gasteiger partial charge < -0.3 is 24.1 Å². The highest BCUT2D eigenvalue weighted by molar-refractivity contribution is 7.48. The van der Waals surface area contributed by atoms with Crippen LogP contribution in [-0.4, -0.2) is 60.7 Å². The molecule has 2 aliphatic heterocycles. The SMILES string of the molecule is C[C@H]1C[C@H](Cc2ccccc2)OP(=O)(OC2C(OC3CCCCC3)OC(COCc3ccccc3)C(OCc3ccccc3)C2O)O1. The molecule has 0 amide bonds. The topological polar surface area (TPSA) is 102 Å². The van der Waals surface area contributed by atoms with E-state index < -0.39 is 44.6 Å². The van der Waals surface area contributed by atoms with Crippen molar-refractivity contribution in [3.05, 3.63) is 108 Å². The minimum absolute atomic E-state index is 0.0846. The van der Waals surface area contributed by atoms with Gasteiger partial charge >= 0.3 is 7.82 Å². The molecule has 0 spiro atoms. The van der Waals surface area contributed by atoms with E-state index in [1.807, 2.05) is 97.9 Å². The van der Waals surface area contributed by atoms with Crippen LogP contribution in [0, 0.1) is 0 Å². The maximum Gasteiger partial charge on any atom is 0.475 e. The van der Waals surface area contributed by atoms with Crippen LogP contribution in [0.25, 0.3) is 0 Å². The summed E-state index contributed by atoms with van der Waals surface area (Å²) in [6.45, 7) is 2.59. The molecule has 0 bridgehead atoms. The maximum atomic E-state index is 14.2. The molecule has 0 radical (unpaired) electrons. The maximum absolute atomic E-state index is 14.2. The first-order valence-electron chi connectivity index (χ1n) is 16.9. The van der Waals surface area contributed by atoms with E-state index >= 15 is 0 Å². The number of aliphatic hydroxyl groups excluding tert-OH is 1. The lowest BCUT2D eigenvalue weighted by molar-refractivity contribution is -0.319. The van der Waals surface area contributed by atoms with Crippen LogP contribution in [0.15, 0.2) is 91.0 Å². The zero-order valence-electron chi connectivity index (χ0n) is 27.0. The average Bonchev–Trinajstić information content (AvgIpc) is 3.08. The van der Waals surface area contributed by atoms with Crippen LogP contribution in [0.3, 0.4) is 0 Å². The summed E-state index contributed by atoms with van der Waals surface area (Å²) in [5.41, 5.74) is 3.02. The van der Waals surface area contributed by atoms with Gasteiger partial charge in [-0.1, -0.05) is 110 Å². The van der Waals surface area contributed by atoms with Gasteiger partial charge in [-0.3, -0.25) is 13.6 Å². The summed E-state index contributed by atoms with van der Waals surface area (Å²) in [7, 11) is -4.15. The largest absolute Gasteiger partial charge is 0.475 e. The molecule has 3 fully saturated rings. The molecule has 8 atom stereocenters. The Morgan fingerprint density at radius 1 is 0.787 bits per heavy atom. The van der Waals surface area contributed by atoms with E-state index in [1.165, 1.54) is 0 Å². The van der Waals surface area contributed by atoms with Crippen molar-refractivity contribution in [2.45, 2.75) is 114 Å². The highest BCUT2D eigenvalue weighted by Gasteiger charge is 2.52. The Labute approximate surface area is 278 Å². The number of ether oxygens (including phenoxy) is 4. The van der Waals surface area contributed by atoms with Gasteiger partial charge in [0.1, 0.15) is 24.4 Å². The van der Waals surface area contributed by atoms with Crippen LogP contribution in [0.4, 0.5) is 0 Å². The summed E-state index contributed by atoms with van der Waals surface area (Å²) in [6.07, 6.45) is 0.124. The Hall–Kier alpha value is -2.43. The third-order valence-electron chi connectivity index (χ3n) is 8.91. The van der Waals surface area contributed by atoms with Crippen LogP contribution in [0.2, 0.25) is 0 Å². The van der Waals surface area contributed by atoms with Gasteiger partial charge in [0.2, 0.25) is 0 Å². The molecule has 10 heteroatoms. The van der Waals surface area contributed by atoms with E-state index in [-0.39, 0.29) is 25.4 Å². The first-order valence-corrected chi connectivity index (χ1v) is 18.4. The van der Waals surface area contributed by atoms with Gasteiger partial charge in [0.25, 0.3) is 0 Å². The van der Waals surface area contributed by atoms with Crippen molar-refractivity contribution in [1.82, 2.24) is 0 Å². The fourth-order valence-electron chi connectivity index (χ4n) is 6.56. The number of phosphoric acid groups is 1. The van der Waals surface area contributed by atoms with Gasteiger partial charge in [-0.2, -0.15) is 0 Å². The molecule has 3 aromatic rings. The monoisotopic (exact) mass is 666 g/mol. The Morgan fingerprint density at radius 2 is 1.40 bits per heavy atom. The lowest BCUT2D eigenvalue weighted by Gasteiger charge is -2.46. The van der Waals surface area contributed by atoms with Crippen molar-refractivity contribution in [2.75, 3.05) is 6.61 Å². The summed E-state index contributed by atoms with van der Waals surface area (Å²) < 4.78 is 57.9. The lowest BCUT2D eigenvalue weighted by atomic mass is 9.96. The summed E-state index contributed by atoms with van der Waals surface area (Å²) in [6, 6.07) is 29.5. The highest BCUT2D eigenvalue weighted by atomic mass is 31.2. The van der Waals surface area contributed by atoms with Crippen LogP contribution in [0.1, 0.15) is 62.1 Å². The van der Waals surface area contributed by atoms with Crippen LogP contribution < -0.4 is 0 Å². The summed E-state index contributed by atoms with van der Waals surface area (Å²) >= 11 is 0. The molecule has 3 aliphatic rings. The molecular weight excluding hydrogens is 619 g/mol. The molecule has 2 saturated heterocycles. The van der Waals surface area contributed by atoms with Gasteiger partial charge in [-0.05, 0) is 42.9 Å². The predicted octanol–water partition coefficient (Wildman–Crippen LogP) is 7.15. The molecular formula is C37H47O9P. The molecule has 2 heterocycles. The molecule has 1 aliphatic carbocycles. The zero-order valence-corrected chi connectivity index (χ0v) is 27.9. The van der Waals surface area contributed by atoms with E-state index in [2.05, 4.69) is 0 Å². The smallest absolute Gasteiger partial charge is 0.387 e. The number of benzene rings is 3. The molecule has 9 nitrogen and oxygen atoms in total. The number of hydrogen-bond donors (Lipinski definition) is 1. The lowest BCUT2D eigenvalue weighted by Crippen LogP contribution is -2.61. The Morgan fingerprint density at radius 3 is 2.06 bits per heavy atom. The third kappa shape index (κ3) is 9.82. The molecule has 3 aromatic carbocycles. The number of phosphoric ester groups is 1. The first kappa shape index (κ1) is 34.4. The molecule has 1 N–H and O–H groups in total. The predicted molar refractivity (Wildman–Crippen MR) is 176 cm³/mol. The second-order valence-corrected chi connectivity index (χ2v) is 14.3. The Kier molecular flexibility index (Phi) is 12.3. The normalized spacial score (nSPS) is 31.8. The Bertz CT molecular complexity index is 1390. The molecule has 6 rings (SSSR count). The van der Waals surface area contributed by atoms with Gasteiger partial charge in [0.15, 0.2) is 6.29 Å². The summed E-state index contributed by atoms with van der Waals surface area (Å²) in [4.78, 5) is 0. The molecule has 254 valence electrons. The average molecular weight is 667 g/mol. The van der Waals surface area contributed by atoms with Crippen molar-refractivity contribution in [2.24, 2.45) is 0 Å². The number of aliphatic hydroxyl groups is 1. The standard InChI is InChI=1S/C37H47O9P/c1-27-22-32(23-28-14-6-2-7-15-28)45-47(39,44-27)46-36-34(38)35(41-25-30-18-10-4-11-19-30)33(26-40-24-29-16-8-3-9-17-29)43-37(36)42-31-20-12-5-13-21-31/h2-4,6-11,14-19,27,31-38H,5,12-13,20-26H2,1H3/t27-,32+,33?,34?,35?,36?,37?,47?/m0/s1. The van der Waals surface area contributed by atoms with Crippen molar-refractivity contribution in [1.29, 1.82) is 0 Å². The molecule has 0 aromatic heterocycles. The fourth-order valence-corrected chi connectivity index (χ4v) is 8.29. The van der Waals surface area contributed by atoms with E-state index in [4.69, 9.17) is 32.5 Å². The minimum atomic E-state index is -4.15. The molecule has 1 saturated carbocycles. The van der Waals surface area contributed by atoms with Gasteiger partial charge in [0, 0.05) is 6.42 Å². The van der Waals surface area contributed by atoms with E-state index in [1.54, 1.807) is 0 Å². The summed E-state index contributed by atoms with van der Waals surface area (Å²) in [5, 5.41) is 12.0. The van der Waals surface area contributed by atoms with Gasteiger partial charge in [-0.25, -0.2) is 4.57 Å². The van der Waals surface area contributed by atoms with E-state index in [0.717, 1.165) is 48.8 Å². The first-order chi connectivity index (χ1) is 22.9. The Balaban J connectivity index is 1.22. The van der Waals surface area contributed by atoms with Gasteiger partial charge in [-0.15, -0.1) is 0 Å². The van der Waals surface area contributed by atoms with E-state index in [9.17, 15) is 9.67 Å². The van der Waals surface area contributed by atoms with Crippen molar-refractivity contribution in [3.8, 4) is 0 Å². The fraction of sp³-hybridized carbons (Fsp3) is 0.514. The van der Waals surface area contributed by atoms with E-state index in [0.29, 0.717) is 19.4 Å².